The lowest BCUT2D eigenvalue weighted by Crippen LogP contribution is -2.45. The molecule has 0 bridgehead atoms. The van der Waals surface area contributed by atoms with Gasteiger partial charge < -0.3 is 15.4 Å². The Kier molecular flexibility index (Phi) is 4.52. The van der Waals surface area contributed by atoms with Crippen molar-refractivity contribution in [3.05, 3.63) is 30.1 Å². The van der Waals surface area contributed by atoms with Crippen molar-refractivity contribution in [3.63, 3.8) is 0 Å². The van der Waals surface area contributed by atoms with Crippen LogP contribution in [0.4, 0.5) is 4.79 Å². The van der Waals surface area contributed by atoms with Crippen molar-refractivity contribution < 1.29 is 9.53 Å². The lowest BCUT2D eigenvalue weighted by Gasteiger charge is -2.20. The first-order valence-electron chi connectivity index (χ1n) is 6.30. The number of hydrogen-bond donors (Lipinski definition) is 2. The molecule has 2 unspecified atom stereocenters. The zero-order chi connectivity index (χ0) is 12.8. The molecular formula is C13H19N3O2. The molecule has 0 aromatic carbocycles. The van der Waals surface area contributed by atoms with Crippen molar-refractivity contribution >= 4 is 6.03 Å². The van der Waals surface area contributed by atoms with Crippen LogP contribution in [0.3, 0.4) is 0 Å². The Hall–Kier alpha value is -1.62. The molecule has 5 nitrogen and oxygen atoms in total. The van der Waals surface area contributed by atoms with Crippen LogP contribution >= 0.6 is 0 Å². The van der Waals surface area contributed by atoms with Gasteiger partial charge >= 0.3 is 6.03 Å². The summed E-state index contributed by atoms with van der Waals surface area (Å²) >= 11 is 0. The van der Waals surface area contributed by atoms with Crippen LogP contribution in [0.15, 0.2) is 24.5 Å². The molecule has 2 amide bonds. The summed E-state index contributed by atoms with van der Waals surface area (Å²) in [4.78, 5) is 15.7. The molecule has 2 heterocycles. The van der Waals surface area contributed by atoms with Crippen molar-refractivity contribution in [2.75, 3.05) is 6.61 Å². The normalized spacial score (nSPS) is 20.4. The SMILES string of the molecule is CC(NC(=O)NCc1cccnc1)C1CCCO1. The Labute approximate surface area is 107 Å². The number of amides is 2. The molecule has 0 aliphatic carbocycles. The average Bonchev–Trinajstić information content (AvgIpc) is 2.91. The highest BCUT2D eigenvalue weighted by molar-refractivity contribution is 5.74. The number of pyridine rings is 1. The molecule has 1 aromatic rings. The fourth-order valence-electron chi connectivity index (χ4n) is 2.03. The summed E-state index contributed by atoms with van der Waals surface area (Å²) in [7, 11) is 0. The van der Waals surface area contributed by atoms with Gasteiger partial charge in [0.05, 0.1) is 12.1 Å². The number of ether oxygens (including phenoxy) is 1. The molecule has 5 heteroatoms. The van der Waals surface area contributed by atoms with E-state index in [2.05, 4.69) is 15.6 Å². The number of rotatable bonds is 4. The maximum absolute atomic E-state index is 11.7. The van der Waals surface area contributed by atoms with Crippen LogP contribution in [0.25, 0.3) is 0 Å². The second-order valence-electron chi connectivity index (χ2n) is 4.53. The van der Waals surface area contributed by atoms with E-state index in [0.29, 0.717) is 6.54 Å². The second kappa shape index (κ2) is 6.35. The maximum Gasteiger partial charge on any atom is 0.315 e. The number of carbonyl (C=O) groups is 1. The van der Waals surface area contributed by atoms with Crippen LogP contribution in [0.2, 0.25) is 0 Å². The Bertz CT molecular complexity index is 377. The Balaban J connectivity index is 1.71. The Morgan fingerprint density at radius 1 is 1.67 bits per heavy atom. The first-order valence-corrected chi connectivity index (χ1v) is 6.30. The number of hydrogen-bond acceptors (Lipinski definition) is 3. The van der Waals surface area contributed by atoms with Gasteiger partial charge in [-0.1, -0.05) is 6.07 Å². The van der Waals surface area contributed by atoms with Gasteiger partial charge in [0.1, 0.15) is 0 Å². The summed E-state index contributed by atoms with van der Waals surface area (Å²) in [5, 5.41) is 5.70. The average molecular weight is 249 g/mol. The molecule has 1 aromatic heterocycles. The minimum absolute atomic E-state index is 0.0430. The van der Waals surface area contributed by atoms with Crippen LogP contribution in [0.5, 0.6) is 0 Å². The molecule has 2 N–H and O–H groups in total. The fourth-order valence-corrected chi connectivity index (χ4v) is 2.03. The Morgan fingerprint density at radius 2 is 2.56 bits per heavy atom. The van der Waals surface area contributed by atoms with Crippen LogP contribution < -0.4 is 10.6 Å². The van der Waals surface area contributed by atoms with E-state index >= 15 is 0 Å². The van der Waals surface area contributed by atoms with Gasteiger partial charge in [-0.2, -0.15) is 0 Å². The largest absolute Gasteiger partial charge is 0.376 e. The quantitative estimate of drug-likeness (QED) is 0.849. The zero-order valence-electron chi connectivity index (χ0n) is 10.6. The first kappa shape index (κ1) is 12.8. The molecule has 2 atom stereocenters. The summed E-state index contributed by atoms with van der Waals surface area (Å²) in [5.41, 5.74) is 0.984. The van der Waals surface area contributed by atoms with Crippen LogP contribution in [0.1, 0.15) is 25.3 Å². The monoisotopic (exact) mass is 249 g/mol. The maximum atomic E-state index is 11.7. The highest BCUT2D eigenvalue weighted by Crippen LogP contribution is 2.15. The van der Waals surface area contributed by atoms with E-state index in [0.717, 1.165) is 25.0 Å². The van der Waals surface area contributed by atoms with Gasteiger partial charge in [-0.25, -0.2) is 4.79 Å². The molecule has 1 saturated heterocycles. The summed E-state index contributed by atoms with van der Waals surface area (Å²) in [6, 6.07) is 3.66. The van der Waals surface area contributed by atoms with E-state index < -0.39 is 0 Å². The van der Waals surface area contributed by atoms with Crippen LogP contribution in [-0.2, 0) is 11.3 Å². The molecule has 98 valence electrons. The summed E-state index contributed by atoms with van der Waals surface area (Å²) in [5.74, 6) is 0. The Morgan fingerprint density at radius 3 is 3.22 bits per heavy atom. The van der Waals surface area contributed by atoms with Gasteiger partial charge in [0.25, 0.3) is 0 Å². The molecule has 0 radical (unpaired) electrons. The standard InChI is InChI=1S/C13H19N3O2/c1-10(12-5-3-7-18-12)16-13(17)15-9-11-4-2-6-14-8-11/h2,4,6,8,10,12H,3,5,7,9H2,1H3,(H2,15,16,17). The van der Waals surface area contributed by atoms with Crippen molar-refractivity contribution in [1.82, 2.24) is 15.6 Å². The molecule has 1 fully saturated rings. The van der Waals surface area contributed by atoms with Crippen LogP contribution in [-0.4, -0.2) is 29.8 Å². The number of nitrogens with zero attached hydrogens (tertiary/aromatic N) is 1. The van der Waals surface area contributed by atoms with E-state index in [1.807, 2.05) is 19.1 Å². The van der Waals surface area contributed by atoms with Crippen molar-refractivity contribution in [2.45, 2.75) is 38.5 Å². The lowest BCUT2D eigenvalue weighted by molar-refractivity contribution is 0.0860. The second-order valence-corrected chi connectivity index (χ2v) is 4.53. The first-order chi connectivity index (χ1) is 8.75. The third kappa shape index (κ3) is 3.70. The van der Waals surface area contributed by atoms with Gasteiger partial charge in [-0.15, -0.1) is 0 Å². The highest BCUT2D eigenvalue weighted by atomic mass is 16.5. The summed E-state index contributed by atoms with van der Waals surface area (Å²) in [6.07, 6.45) is 5.69. The number of urea groups is 1. The van der Waals surface area contributed by atoms with Crippen molar-refractivity contribution in [1.29, 1.82) is 0 Å². The molecule has 18 heavy (non-hydrogen) atoms. The van der Waals surface area contributed by atoms with Gasteiger partial charge in [-0.3, -0.25) is 4.98 Å². The third-order valence-corrected chi connectivity index (χ3v) is 3.06. The predicted octanol–water partition coefficient (Wildman–Crippen LogP) is 1.45. The van der Waals surface area contributed by atoms with E-state index in [1.54, 1.807) is 12.4 Å². The van der Waals surface area contributed by atoms with Gasteiger partial charge in [0, 0.05) is 25.5 Å². The molecule has 0 spiro atoms. The fraction of sp³-hybridized carbons (Fsp3) is 0.538. The summed E-state index contributed by atoms with van der Waals surface area (Å²) < 4.78 is 5.53. The van der Waals surface area contributed by atoms with Gasteiger partial charge in [0.2, 0.25) is 0 Å². The number of carbonyl (C=O) groups excluding carboxylic acids is 1. The summed E-state index contributed by atoms with van der Waals surface area (Å²) in [6.45, 7) is 3.26. The topological polar surface area (TPSA) is 63.2 Å². The zero-order valence-corrected chi connectivity index (χ0v) is 10.6. The third-order valence-electron chi connectivity index (χ3n) is 3.06. The predicted molar refractivity (Wildman–Crippen MR) is 68.0 cm³/mol. The van der Waals surface area contributed by atoms with Gasteiger partial charge in [0.15, 0.2) is 0 Å². The van der Waals surface area contributed by atoms with Gasteiger partial charge in [-0.05, 0) is 31.4 Å². The lowest BCUT2D eigenvalue weighted by atomic mass is 10.1. The molecule has 2 rings (SSSR count). The van der Waals surface area contributed by atoms with Crippen molar-refractivity contribution in [3.8, 4) is 0 Å². The van der Waals surface area contributed by atoms with Crippen molar-refractivity contribution in [2.24, 2.45) is 0 Å². The minimum atomic E-state index is -0.165. The molecule has 0 saturated carbocycles. The smallest absolute Gasteiger partial charge is 0.315 e. The number of nitrogens with one attached hydrogen (secondary N) is 2. The van der Waals surface area contributed by atoms with Crippen LogP contribution in [0, 0.1) is 0 Å². The van der Waals surface area contributed by atoms with E-state index in [4.69, 9.17) is 4.74 Å². The highest BCUT2D eigenvalue weighted by Gasteiger charge is 2.23. The van der Waals surface area contributed by atoms with E-state index in [-0.39, 0.29) is 18.2 Å². The van der Waals surface area contributed by atoms with E-state index in [9.17, 15) is 4.79 Å². The molecule has 1 aliphatic rings. The molecule has 1 aliphatic heterocycles. The minimum Gasteiger partial charge on any atom is -0.376 e. The molecular weight excluding hydrogens is 230 g/mol. The number of aromatic nitrogens is 1. The van der Waals surface area contributed by atoms with E-state index in [1.165, 1.54) is 0 Å².